The fraction of sp³-hybridized carbons (Fsp3) is 0.571. The largest absolute Gasteiger partial charge is 0.309 e. The van der Waals surface area contributed by atoms with Crippen molar-refractivity contribution >= 4 is 12.4 Å². The number of benzene rings is 1. The Morgan fingerprint density at radius 1 is 1.24 bits per heavy atom. The highest BCUT2D eigenvalue weighted by Crippen LogP contribution is 2.11. The van der Waals surface area contributed by atoms with Crippen LogP contribution in [0.3, 0.4) is 0 Å². The highest BCUT2D eigenvalue weighted by atomic mass is 35.5. The van der Waals surface area contributed by atoms with Crippen LogP contribution in [0.1, 0.15) is 25.0 Å². The van der Waals surface area contributed by atoms with Crippen molar-refractivity contribution in [1.29, 1.82) is 0 Å². The number of nitrogens with one attached hydrogen (secondary N) is 1. The maximum absolute atomic E-state index is 3.56. The van der Waals surface area contributed by atoms with E-state index in [4.69, 9.17) is 0 Å². The topological polar surface area (TPSA) is 15.3 Å². The molecule has 0 bridgehead atoms. The van der Waals surface area contributed by atoms with E-state index in [0.717, 1.165) is 19.6 Å². The van der Waals surface area contributed by atoms with Crippen LogP contribution < -0.4 is 5.32 Å². The number of halogens is 1. The summed E-state index contributed by atoms with van der Waals surface area (Å²) in [5.74, 6) is 0. The summed E-state index contributed by atoms with van der Waals surface area (Å²) in [7, 11) is 0. The molecular formula is C14H23ClN2. The first-order valence-corrected chi connectivity index (χ1v) is 6.17. The molecule has 0 radical (unpaired) electrons. The summed E-state index contributed by atoms with van der Waals surface area (Å²) in [6, 6.07) is 10.0. The minimum Gasteiger partial charge on any atom is -0.309 e. The molecule has 2 unspecified atom stereocenters. The lowest BCUT2D eigenvalue weighted by Gasteiger charge is -2.36. The zero-order chi connectivity index (χ0) is 11.5. The van der Waals surface area contributed by atoms with Crippen LogP contribution in [0.15, 0.2) is 24.3 Å². The average molecular weight is 255 g/mol. The molecule has 1 N–H and O–H groups in total. The van der Waals surface area contributed by atoms with Crippen LogP contribution in [0.5, 0.6) is 0 Å². The normalized spacial score (nSPS) is 25.4. The summed E-state index contributed by atoms with van der Waals surface area (Å²) in [6.45, 7) is 10.1. The Kier molecular flexibility index (Phi) is 5.44. The molecule has 1 aliphatic heterocycles. The number of nitrogens with zero attached hydrogens (tertiary/aromatic N) is 1. The number of hydrogen-bond donors (Lipinski definition) is 1. The number of piperazine rings is 1. The van der Waals surface area contributed by atoms with Crippen LogP contribution in [0.2, 0.25) is 0 Å². The predicted octanol–water partition coefficient (Wildman–Crippen LogP) is 2.60. The quantitative estimate of drug-likeness (QED) is 0.873. The molecule has 1 heterocycles. The summed E-state index contributed by atoms with van der Waals surface area (Å²) in [5.41, 5.74) is 2.79. The molecule has 2 nitrogen and oxygen atoms in total. The van der Waals surface area contributed by atoms with Gasteiger partial charge in [-0.15, -0.1) is 12.4 Å². The minimum absolute atomic E-state index is 0. The van der Waals surface area contributed by atoms with E-state index in [2.05, 4.69) is 55.3 Å². The minimum atomic E-state index is 0. The van der Waals surface area contributed by atoms with Gasteiger partial charge in [0.05, 0.1) is 0 Å². The van der Waals surface area contributed by atoms with E-state index in [1.807, 2.05) is 0 Å². The number of rotatable bonds is 2. The van der Waals surface area contributed by atoms with E-state index < -0.39 is 0 Å². The second-order valence-corrected chi connectivity index (χ2v) is 5.15. The van der Waals surface area contributed by atoms with Crippen molar-refractivity contribution in [3.63, 3.8) is 0 Å². The molecule has 0 amide bonds. The van der Waals surface area contributed by atoms with Gasteiger partial charge in [-0.05, 0) is 26.3 Å². The maximum Gasteiger partial charge on any atom is 0.0235 e. The van der Waals surface area contributed by atoms with Crippen molar-refractivity contribution in [3.8, 4) is 0 Å². The number of hydrogen-bond acceptors (Lipinski definition) is 2. The maximum atomic E-state index is 3.56. The van der Waals surface area contributed by atoms with Crippen molar-refractivity contribution in [1.82, 2.24) is 10.2 Å². The van der Waals surface area contributed by atoms with Crippen LogP contribution >= 0.6 is 12.4 Å². The summed E-state index contributed by atoms with van der Waals surface area (Å²) >= 11 is 0. The van der Waals surface area contributed by atoms with Crippen molar-refractivity contribution in [2.75, 3.05) is 13.1 Å². The lowest BCUT2D eigenvalue weighted by molar-refractivity contribution is 0.166. The lowest BCUT2D eigenvalue weighted by atomic mass is 10.1. The molecule has 0 saturated carbocycles. The number of aryl methyl sites for hydroxylation is 1. The van der Waals surface area contributed by atoms with Gasteiger partial charge in [-0.3, -0.25) is 4.90 Å². The average Bonchev–Trinajstić information content (AvgIpc) is 2.15. The zero-order valence-electron chi connectivity index (χ0n) is 10.9. The summed E-state index contributed by atoms with van der Waals surface area (Å²) in [5, 5.41) is 3.56. The molecular weight excluding hydrogens is 232 g/mol. The fourth-order valence-corrected chi connectivity index (χ4v) is 2.64. The van der Waals surface area contributed by atoms with Crippen molar-refractivity contribution in [2.45, 2.75) is 39.4 Å². The Hall–Kier alpha value is -0.570. The molecule has 2 rings (SSSR count). The first-order valence-electron chi connectivity index (χ1n) is 6.17. The van der Waals surface area contributed by atoms with E-state index >= 15 is 0 Å². The third kappa shape index (κ3) is 4.30. The second kappa shape index (κ2) is 6.39. The van der Waals surface area contributed by atoms with E-state index in [1.54, 1.807) is 0 Å². The molecule has 17 heavy (non-hydrogen) atoms. The highest BCUT2D eigenvalue weighted by molar-refractivity contribution is 5.85. The molecule has 1 fully saturated rings. The van der Waals surface area contributed by atoms with Gasteiger partial charge in [0.25, 0.3) is 0 Å². The Bertz CT molecular complexity index is 344. The summed E-state index contributed by atoms with van der Waals surface area (Å²) in [4.78, 5) is 2.54. The molecule has 3 heteroatoms. The van der Waals surface area contributed by atoms with Crippen LogP contribution in [-0.4, -0.2) is 30.1 Å². The second-order valence-electron chi connectivity index (χ2n) is 5.15. The first-order chi connectivity index (χ1) is 7.63. The highest BCUT2D eigenvalue weighted by Gasteiger charge is 2.20. The molecule has 1 aromatic rings. The monoisotopic (exact) mass is 254 g/mol. The van der Waals surface area contributed by atoms with Crippen LogP contribution in [-0.2, 0) is 6.54 Å². The van der Waals surface area contributed by atoms with E-state index in [-0.39, 0.29) is 12.4 Å². The molecule has 1 aliphatic rings. The summed E-state index contributed by atoms with van der Waals surface area (Å²) < 4.78 is 0. The molecule has 0 aromatic heterocycles. The van der Waals surface area contributed by atoms with Crippen LogP contribution in [0, 0.1) is 6.92 Å². The Balaban J connectivity index is 0.00000144. The molecule has 96 valence electrons. The van der Waals surface area contributed by atoms with Crippen LogP contribution in [0.25, 0.3) is 0 Å². The summed E-state index contributed by atoms with van der Waals surface area (Å²) in [6.07, 6.45) is 0. The standard InChI is InChI=1S/C14H22N2.ClH/c1-11-5-4-6-14(7-11)10-16-8-12(2)15-13(3)9-16;/h4-7,12-13,15H,8-10H2,1-3H3;1H. The van der Waals surface area contributed by atoms with Crippen LogP contribution in [0.4, 0.5) is 0 Å². The molecule has 1 aromatic carbocycles. The predicted molar refractivity (Wildman–Crippen MR) is 75.8 cm³/mol. The zero-order valence-corrected chi connectivity index (χ0v) is 11.8. The van der Waals surface area contributed by atoms with Crippen molar-refractivity contribution in [3.05, 3.63) is 35.4 Å². The van der Waals surface area contributed by atoms with Gasteiger partial charge in [0.1, 0.15) is 0 Å². The van der Waals surface area contributed by atoms with Gasteiger partial charge in [-0.2, -0.15) is 0 Å². The van der Waals surface area contributed by atoms with Crippen molar-refractivity contribution in [2.24, 2.45) is 0 Å². The lowest BCUT2D eigenvalue weighted by Crippen LogP contribution is -2.53. The van der Waals surface area contributed by atoms with Gasteiger partial charge in [-0.25, -0.2) is 0 Å². The van der Waals surface area contributed by atoms with E-state index in [0.29, 0.717) is 12.1 Å². The molecule has 2 atom stereocenters. The first kappa shape index (κ1) is 14.5. The molecule has 1 saturated heterocycles. The Morgan fingerprint density at radius 3 is 2.47 bits per heavy atom. The van der Waals surface area contributed by atoms with Gasteiger partial charge in [0.15, 0.2) is 0 Å². The van der Waals surface area contributed by atoms with E-state index in [1.165, 1.54) is 11.1 Å². The fourth-order valence-electron chi connectivity index (χ4n) is 2.64. The van der Waals surface area contributed by atoms with Gasteiger partial charge in [0.2, 0.25) is 0 Å². The van der Waals surface area contributed by atoms with Crippen molar-refractivity contribution < 1.29 is 0 Å². The van der Waals surface area contributed by atoms with Gasteiger partial charge >= 0.3 is 0 Å². The third-order valence-electron chi connectivity index (χ3n) is 3.12. The SMILES string of the molecule is Cc1cccc(CN2CC(C)NC(C)C2)c1.Cl. The van der Waals surface area contributed by atoms with Gasteiger partial charge < -0.3 is 5.32 Å². The Morgan fingerprint density at radius 2 is 1.88 bits per heavy atom. The van der Waals surface area contributed by atoms with Gasteiger partial charge in [-0.1, -0.05) is 29.8 Å². The third-order valence-corrected chi connectivity index (χ3v) is 3.12. The Labute approximate surface area is 111 Å². The molecule has 0 aliphatic carbocycles. The van der Waals surface area contributed by atoms with E-state index in [9.17, 15) is 0 Å². The molecule has 0 spiro atoms. The van der Waals surface area contributed by atoms with Gasteiger partial charge in [0, 0.05) is 31.7 Å². The smallest absolute Gasteiger partial charge is 0.0235 e.